The standard InChI is InChI=1S/C27H31FN3O3/c1-5-17-12-22(18-6-8-19(28)9-7-18)31-13-21(29-26(17)31)27(33)30-11-10-20-16(4)23(14-30)34-25(15(2)3)24(20)32/h6-9,12-13,15-16,20,23,25H,5,10-11,14H2,1-4H3/q+1. The third kappa shape index (κ3) is 3.76. The summed E-state index contributed by atoms with van der Waals surface area (Å²) in [7, 11) is 0. The molecule has 2 saturated heterocycles. The minimum absolute atomic E-state index is 0.0796. The topological polar surface area (TPSA) is 62.0 Å². The van der Waals surface area contributed by atoms with Gasteiger partial charge in [0.05, 0.1) is 11.7 Å². The molecule has 34 heavy (non-hydrogen) atoms. The molecule has 4 heterocycles. The van der Waals surface area contributed by atoms with Gasteiger partial charge in [-0.15, -0.1) is 0 Å². The van der Waals surface area contributed by atoms with Crippen molar-refractivity contribution < 1.29 is 23.3 Å². The number of carbonyl (C=O) groups excluding carboxylic acids is 2. The number of ketones is 1. The monoisotopic (exact) mass is 464 g/mol. The van der Waals surface area contributed by atoms with Crippen LogP contribution in [-0.2, 0) is 14.3 Å². The Morgan fingerprint density at radius 2 is 2.03 bits per heavy atom. The predicted octanol–water partition coefficient (Wildman–Crippen LogP) is 3.71. The number of hydrogen-bond donors (Lipinski definition) is 0. The van der Waals surface area contributed by atoms with Crippen molar-refractivity contribution in [3.63, 3.8) is 0 Å². The lowest BCUT2D eigenvalue weighted by molar-refractivity contribution is -0.315. The molecule has 0 saturated carbocycles. The van der Waals surface area contributed by atoms with Gasteiger partial charge in [0.25, 0.3) is 5.70 Å². The van der Waals surface area contributed by atoms with Gasteiger partial charge < -0.3 is 9.64 Å². The first-order chi connectivity index (χ1) is 16.3. The number of amidine groups is 1. The van der Waals surface area contributed by atoms with E-state index in [1.165, 1.54) is 12.1 Å². The van der Waals surface area contributed by atoms with Gasteiger partial charge in [0, 0.05) is 24.6 Å². The highest BCUT2D eigenvalue weighted by Gasteiger charge is 2.47. The van der Waals surface area contributed by atoms with Gasteiger partial charge in [-0.1, -0.05) is 27.7 Å². The maximum atomic E-state index is 13.6. The van der Waals surface area contributed by atoms with Gasteiger partial charge >= 0.3 is 11.7 Å². The second-order valence-electron chi connectivity index (χ2n) is 9.98. The summed E-state index contributed by atoms with van der Waals surface area (Å²) in [4.78, 5) is 33.0. The van der Waals surface area contributed by atoms with E-state index < -0.39 is 6.10 Å². The van der Waals surface area contributed by atoms with Crippen LogP contribution < -0.4 is 0 Å². The molecule has 4 aliphatic heterocycles. The van der Waals surface area contributed by atoms with Crippen molar-refractivity contribution in [2.75, 3.05) is 13.1 Å². The molecule has 5 rings (SSSR count). The highest BCUT2D eigenvalue weighted by molar-refractivity contribution is 6.18. The molecule has 0 radical (unpaired) electrons. The van der Waals surface area contributed by atoms with Gasteiger partial charge in [-0.3, -0.25) is 9.59 Å². The molecule has 1 amide bonds. The van der Waals surface area contributed by atoms with Crippen molar-refractivity contribution in [2.45, 2.75) is 52.7 Å². The van der Waals surface area contributed by atoms with Crippen molar-refractivity contribution in [1.82, 2.24) is 4.90 Å². The molecule has 178 valence electrons. The summed E-state index contributed by atoms with van der Waals surface area (Å²) in [5, 5.41) is 0. The van der Waals surface area contributed by atoms with Crippen molar-refractivity contribution in [1.29, 1.82) is 0 Å². The number of ether oxygens (including phenoxy) is 1. The summed E-state index contributed by atoms with van der Waals surface area (Å²) in [6.07, 6.45) is 4.68. The zero-order valence-electron chi connectivity index (χ0n) is 20.1. The number of carbonyl (C=O) groups is 2. The maximum Gasteiger partial charge on any atom is 0.332 e. The van der Waals surface area contributed by atoms with E-state index in [2.05, 4.69) is 13.8 Å². The van der Waals surface area contributed by atoms with Crippen molar-refractivity contribution in [3.05, 3.63) is 59.2 Å². The smallest absolute Gasteiger partial charge is 0.332 e. The molecule has 4 unspecified atom stereocenters. The minimum Gasteiger partial charge on any atom is -0.365 e. The number of allylic oxidation sites excluding steroid dienone is 1. The average molecular weight is 465 g/mol. The van der Waals surface area contributed by atoms with Crippen LogP contribution in [0.1, 0.15) is 46.1 Å². The Morgan fingerprint density at radius 1 is 1.29 bits per heavy atom. The molecular formula is C27H31FN3O3+. The molecule has 4 atom stereocenters. The van der Waals surface area contributed by atoms with Crippen LogP contribution in [0.2, 0.25) is 0 Å². The van der Waals surface area contributed by atoms with Crippen LogP contribution in [0, 0.1) is 23.6 Å². The van der Waals surface area contributed by atoms with E-state index in [0.29, 0.717) is 25.2 Å². The van der Waals surface area contributed by atoms with Crippen LogP contribution >= 0.6 is 0 Å². The Morgan fingerprint density at radius 3 is 2.71 bits per heavy atom. The number of hydrogen-bond acceptors (Lipinski definition) is 4. The minimum atomic E-state index is -0.400. The summed E-state index contributed by atoms with van der Waals surface area (Å²) in [5.74, 6) is 0.605. The molecule has 1 aromatic carbocycles. The van der Waals surface area contributed by atoms with Crippen LogP contribution in [0.4, 0.5) is 4.39 Å². The fraction of sp³-hybridized carbons (Fsp3) is 0.481. The SMILES string of the molecule is CCC1=CC(c2ccc(F)cc2)=[N+]2C=C(C(=O)N3CCC4C(=O)C(C(C)C)OC(C3)C4C)N=C12. The van der Waals surface area contributed by atoms with Crippen LogP contribution in [0.15, 0.2) is 52.8 Å². The lowest BCUT2D eigenvalue weighted by Gasteiger charge is -2.39. The molecule has 0 aliphatic carbocycles. The molecule has 2 fully saturated rings. The number of fused-ring (bicyclic) bond motifs is 3. The molecule has 1 aromatic rings. The van der Waals surface area contributed by atoms with Crippen molar-refractivity contribution in [2.24, 2.45) is 22.7 Å². The van der Waals surface area contributed by atoms with Crippen molar-refractivity contribution in [3.8, 4) is 0 Å². The normalized spacial score (nSPS) is 28.6. The van der Waals surface area contributed by atoms with E-state index in [0.717, 1.165) is 29.1 Å². The zero-order chi connectivity index (χ0) is 24.1. The summed E-state index contributed by atoms with van der Waals surface area (Å²) >= 11 is 0. The highest BCUT2D eigenvalue weighted by atomic mass is 19.1. The fourth-order valence-corrected chi connectivity index (χ4v) is 5.45. The first-order valence-electron chi connectivity index (χ1n) is 12.2. The van der Waals surface area contributed by atoms with E-state index in [1.807, 2.05) is 24.5 Å². The maximum absolute atomic E-state index is 13.6. The second kappa shape index (κ2) is 8.69. The summed E-state index contributed by atoms with van der Waals surface area (Å²) < 4.78 is 21.6. The number of rotatable bonds is 4. The van der Waals surface area contributed by atoms with Crippen molar-refractivity contribution >= 4 is 23.2 Å². The Kier molecular flexibility index (Phi) is 5.84. The molecule has 0 spiro atoms. The number of likely N-dealkylation sites (tertiary alicyclic amines) is 1. The number of halogens is 1. The van der Waals surface area contributed by atoms with Gasteiger partial charge in [0.15, 0.2) is 12.0 Å². The Hall–Kier alpha value is -2.93. The number of aliphatic imine (C=N–C) groups is 1. The van der Waals surface area contributed by atoms with Crippen LogP contribution in [0.25, 0.3) is 0 Å². The van der Waals surface area contributed by atoms with Gasteiger partial charge in [-0.25, -0.2) is 4.39 Å². The number of Topliss-reactive ketones (excluding diaryl/α,β-unsaturated/α-hetero) is 1. The predicted molar refractivity (Wildman–Crippen MR) is 127 cm³/mol. The third-order valence-electron chi connectivity index (χ3n) is 7.50. The number of nitrogens with zero attached hydrogens (tertiary/aromatic N) is 3. The first kappa shape index (κ1) is 22.8. The fourth-order valence-electron chi connectivity index (χ4n) is 5.45. The molecular weight excluding hydrogens is 433 g/mol. The van der Waals surface area contributed by atoms with E-state index in [1.54, 1.807) is 23.2 Å². The van der Waals surface area contributed by atoms with Gasteiger partial charge in [-0.2, -0.15) is 4.58 Å². The molecule has 4 aliphatic rings. The average Bonchev–Trinajstić information content (AvgIpc) is 3.36. The second-order valence-corrected chi connectivity index (χ2v) is 9.98. The zero-order valence-corrected chi connectivity index (χ0v) is 20.1. The Bertz CT molecular complexity index is 1160. The van der Waals surface area contributed by atoms with Gasteiger partial charge in [0.1, 0.15) is 17.6 Å². The van der Waals surface area contributed by atoms with Crippen LogP contribution in [-0.4, -0.2) is 58.0 Å². The van der Waals surface area contributed by atoms with E-state index >= 15 is 0 Å². The summed E-state index contributed by atoms with van der Waals surface area (Å²) in [5.41, 5.74) is 3.16. The van der Waals surface area contributed by atoms with Crippen LogP contribution in [0.5, 0.6) is 0 Å². The third-order valence-corrected chi connectivity index (χ3v) is 7.50. The Balaban J connectivity index is 1.43. The summed E-state index contributed by atoms with van der Waals surface area (Å²) in [6.45, 7) is 9.10. The molecule has 0 N–H and O–H groups in total. The first-order valence-corrected chi connectivity index (χ1v) is 12.2. The van der Waals surface area contributed by atoms with E-state index in [9.17, 15) is 14.0 Å². The largest absolute Gasteiger partial charge is 0.365 e. The van der Waals surface area contributed by atoms with Gasteiger partial charge in [0.2, 0.25) is 0 Å². The number of amides is 1. The summed E-state index contributed by atoms with van der Waals surface area (Å²) in [6, 6.07) is 6.34. The van der Waals surface area contributed by atoms with E-state index in [-0.39, 0.29) is 41.4 Å². The van der Waals surface area contributed by atoms with Gasteiger partial charge in [-0.05, 0) is 60.0 Å². The Labute approximate surface area is 199 Å². The highest BCUT2D eigenvalue weighted by Crippen LogP contribution is 2.36. The van der Waals surface area contributed by atoms with Crippen LogP contribution in [0.3, 0.4) is 0 Å². The molecule has 2 bridgehead atoms. The molecule has 6 nitrogen and oxygen atoms in total. The quantitative estimate of drug-likeness (QED) is 0.639. The van der Waals surface area contributed by atoms with E-state index in [4.69, 9.17) is 9.73 Å². The lowest BCUT2D eigenvalue weighted by atomic mass is 9.78. The number of benzene rings is 1. The molecule has 7 heteroatoms. The molecule has 0 aromatic heterocycles. The lowest BCUT2D eigenvalue weighted by Crippen LogP contribution is -2.50.